The van der Waals surface area contributed by atoms with Gasteiger partial charge in [-0.05, 0) is 90.8 Å². The van der Waals surface area contributed by atoms with E-state index in [9.17, 15) is 25.2 Å². The van der Waals surface area contributed by atoms with Gasteiger partial charge in [-0.2, -0.15) is 0 Å². The molecule has 6 nitrogen and oxygen atoms in total. The zero-order valence-electron chi connectivity index (χ0n) is 22.7. The fourth-order valence-electron chi connectivity index (χ4n) is 9.60. The number of aliphatic hydroxyl groups is 4. The number of aliphatic hydroxyl groups excluding tert-OH is 4. The van der Waals surface area contributed by atoms with Gasteiger partial charge in [-0.1, -0.05) is 48.0 Å². The van der Waals surface area contributed by atoms with Crippen molar-refractivity contribution in [2.45, 2.75) is 111 Å². The number of rotatable bonds is 6. The Balaban J connectivity index is 1.57. The summed E-state index contributed by atoms with van der Waals surface area (Å²) in [6.07, 6.45) is 2.49. The van der Waals surface area contributed by atoms with E-state index < -0.39 is 24.4 Å². The molecule has 0 spiro atoms. The summed E-state index contributed by atoms with van der Waals surface area (Å²) in [5.41, 5.74) is -0.348. The zero-order valence-corrected chi connectivity index (χ0v) is 22.7. The molecule has 0 aromatic heterocycles. The van der Waals surface area contributed by atoms with E-state index in [1.54, 1.807) is 0 Å². The molecular formula is C29H50O6. The van der Waals surface area contributed by atoms with Crippen LogP contribution in [0, 0.1) is 58.2 Å². The molecule has 1 unspecified atom stereocenters. The summed E-state index contributed by atoms with van der Waals surface area (Å²) >= 11 is 0. The quantitative estimate of drug-likeness (QED) is 0.419. The van der Waals surface area contributed by atoms with Crippen molar-refractivity contribution in [1.82, 2.24) is 0 Å². The van der Waals surface area contributed by atoms with Crippen LogP contribution in [-0.2, 0) is 9.53 Å². The third-order valence-electron chi connectivity index (χ3n) is 11.7. The number of cyclic esters (lactones) is 1. The Labute approximate surface area is 211 Å². The molecule has 0 aromatic carbocycles. The molecule has 1 saturated heterocycles. The molecule has 4 fully saturated rings. The van der Waals surface area contributed by atoms with Gasteiger partial charge in [0.05, 0.1) is 36.9 Å². The van der Waals surface area contributed by atoms with Gasteiger partial charge in [0.25, 0.3) is 0 Å². The Hall–Kier alpha value is -0.690. The molecule has 6 heteroatoms. The predicted molar refractivity (Wildman–Crippen MR) is 134 cm³/mol. The Morgan fingerprint density at radius 1 is 0.971 bits per heavy atom. The number of hydrogen-bond donors (Lipinski definition) is 4. The average Bonchev–Trinajstić information content (AvgIpc) is 3.11. The molecule has 0 bridgehead atoms. The molecule has 13 atom stereocenters. The maximum Gasteiger partial charge on any atom is 0.309 e. The molecule has 4 aliphatic rings. The van der Waals surface area contributed by atoms with Crippen molar-refractivity contribution >= 4 is 5.97 Å². The smallest absolute Gasteiger partial charge is 0.309 e. The van der Waals surface area contributed by atoms with Crippen LogP contribution >= 0.6 is 0 Å². The van der Waals surface area contributed by atoms with Crippen LogP contribution < -0.4 is 0 Å². The second-order valence-electron chi connectivity index (χ2n) is 13.5. The summed E-state index contributed by atoms with van der Waals surface area (Å²) in [6, 6.07) is 0. The second kappa shape index (κ2) is 9.89. The predicted octanol–water partition coefficient (Wildman–Crippen LogP) is 3.78. The lowest BCUT2D eigenvalue weighted by molar-refractivity contribution is -0.162. The lowest BCUT2D eigenvalue weighted by Gasteiger charge is -2.56. The van der Waals surface area contributed by atoms with E-state index in [4.69, 9.17) is 4.74 Å². The van der Waals surface area contributed by atoms with Gasteiger partial charge in [-0.3, -0.25) is 4.79 Å². The first-order valence-corrected chi connectivity index (χ1v) is 14.3. The van der Waals surface area contributed by atoms with Crippen LogP contribution in [0.2, 0.25) is 0 Å². The topological polar surface area (TPSA) is 107 Å². The lowest BCUT2D eigenvalue weighted by atomic mass is 9.48. The van der Waals surface area contributed by atoms with Crippen LogP contribution in [0.3, 0.4) is 0 Å². The Morgan fingerprint density at radius 2 is 1.63 bits per heavy atom. The zero-order chi connectivity index (χ0) is 25.9. The molecule has 0 aromatic rings. The van der Waals surface area contributed by atoms with Gasteiger partial charge < -0.3 is 25.2 Å². The normalized spacial score (nSPS) is 47.1. The van der Waals surface area contributed by atoms with E-state index in [1.165, 1.54) is 0 Å². The molecule has 0 radical (unpaired) electrons. The number of hydrogen-bond acceptors (Lipinski definition) is 6. The minimum absolute atomic E-state index is 0.00679. The molecule has 4 N–H and O–H groups in total. The highest BCUT2D eigenvalue weighted by molar-refractivity contribution is 5.74. The van der Waals surface area contributed by atoms with Gasteiger partial charge in [0.15, 0.2) is 0 Å². The molecular weight excluding hydrogens is 444 g/mol. The fourth-order valence-corrected chi connectivity index (χ4v) is 9.60. The number of ether oxygens (including phenoxy) is 1. The molecule has 35 heavy (non-hydrogen) atoms. The fraction of sp³-hybridized carbons (Fsp3) is 0.966. The third kappa shape index (κ3) is 4.38. The van der Waals surface area contributed by atoms with Crippen LogP contribution in [0.5, 0.6) is 0 Å². The van der Waals surface area contributed by atoms with Crippen LogP contribution in [0.25, 0.3) is 0 Å². The van der Waals surface area contributed by atoms with Gasteiger partial charge in [-0.15, -0.1) is 0 Å². The van der Waals surface area contributed by atoms with E-state index in [0.717, 1.165) is 32.1 Å². The van der Waals surface area contributed by atoms with Crippen molar-refractivity contribution in [3.8, 4) is 0 Å². The maximum atomic E-state index is 13.0. The average molecular weight is 495 g/mol. The molecule has 4 rings (SSSR count). The first-order chi connectivity index (χ1) is 16.4. The molecule has 3 aliphatic carbocycles. The first kappa shape index (κ1) is 27.3. The van der Waals surface area contributed by atoms with Crippen molar-refractivity contribution < 1.29 is 30.0 Å². The Kier molecular flexibility index (Phi) is 7.72. The highest BCUT2D eigenvalue weighted by Crippen LogP contribution is 2.66. The van der Waals surface area contributed by atoms with Gasteiger partial charge in [0.1, 0.15) is 0 Å². The second-order valence-corrected chi connectivity index (χ2v) is 13.5. The van der Waals surface area contributed by atoms with Crippen LogP contribution in [-0.4, -0.2) is 57.4 Å². The molecule has 202 valence electrons. The van der Waals surface area contributed by atoms with E-state index >= 15 is 0 Å². The monoisotopic (exact) mass is 494 g/mol. The van der Waals surface area contributed by atoms with E-state index in [2.05, 4.69) is 41.5 Å². The number of fused-ring (bicyclic) bond motifs is 5. The highest BCUT2D eigenvalue weighted by atomic mass is 16.5. The van der Waals surface area contributed by atoms with Gasteiger partial charge in [0.2, 0.25) is 0 Å². The standard InChI is InChI=1S/C29H50O6/c1-7-17(15(2)3)26(33)25(32)16(4)19-8-9-20-18-14-35-27(34)22-12-23(30)24(31)13-29(22,6)21(18)10-11-28(19,20)5/h15-26,30-33H,7-14H2,1-6H3/t16-,17-,18-,19+,20-,21-,22+,23-,24+,25-,26?,28+,29+/m0/s1. The molecule has 3 saturated carbocycles. The van der Waals surface area contributed by atoms with E-state index in [1.807, 2.05) is 0 Å². The number of carbonyl (C=O) groups excluding carboxylic acids is 1. The van der Waals surface area contributed by atoms with Crippen molar-refractivity contribution in [2.75, 3.05) is 6.61 Å². The van der Waals surface area contributed by atoms with Crippen molar-refractivity contribution in [2.24, 2.45) is 58.2 Å². The van der Waals surface area contributed by atoms with E-state index in [0.29, 0.717) is 30.8 Å². The summed E-state index contributed by atoms with van der Waals surface area (Å²) in [4.78, 5) is 13.0. The SMILES string of the molecule is CC[C@@H](C(C)C)C(O)[C@@H](O)[C@@H](C)[C@H]1CC[C@H]2[C@@H]3COC(=O)[C@H]4C[C@H](O)[C@H](O)C[C@]4(C)[C@H]3CC[C@]12C. The van der Waals surface area contributed by atoms with Crippen molar-refractivity contribution in [3.05, 3.63) is 0 Å². The van der Waals surface area contributed by atoms with E-state index in [-0.39, 0.29) is 52.8 Å². The molecule has 1 aliphatic heterocycles. The lowest BCUT2D eigenvalue weighted by Crippen LogP contribution is -2.55. The third-order valence-corrected chi connectivity index (χ3v) is 11.7. The Morgan fingerprint density at radius 3 is 2.26 bits per heavy atom. The minimum atomic E-state index is -0.867. The summed E-state index contributed by atoms with van der Waals surface area (Å²) < 4.78 is 5.88. The van der Waals surface area contributed by atoms with Crippen LogP contribution in [0.15, 0.2) is 0 Å². The summed E-state index contributed by atoms with van der Waals surface area (Å²) in [5.74, 6) is 1.01. The summed E-state index contributed by atoms with van der Waals surface area (Å²) in [6.45, 7) is 13.4. The molecule has 0 amide bonds. The van der Waals surface area contributed by atoms with Crippen molar-refractivity contribution in [1.29, 1.82) is 0 Å². The van der Waals surface area contributed by atoms with Gasteiger partial charge in [-0.25, -0.2) is 0 Å². The van der Waals surface area contributed by atoms with Crippen LogP contribution in [0.1, 0.15) is 86.5 Å². The highest BCUT2D eigenvalue weighted by Gasteiger charge is 2.63. The largest absolute Gasteiger partial charge is 0.465 e. The number of carbonyl (C=O) groups is 1. The minimum Gasteiger partial charge on any atom is -0.465 e. The van der Waals surface area contributed by atoms with Gasteiger partial charge in [0, 0.05) is 0 Å². The maximum absolute atomic E-state index is 13.0. The first-order valence-electron chi connectivity index (χ1n) is 14.3. The Bertz CT molecular complexity index is 770. The summed E-state index contributed by atoms with van der Waals surface area (Å²) in [7, 11) is 0. The van der Waals surface area contributed by atoms with Crippen molar-refractivity contribution in [3.63, 3.8) is 0 Å². The van der Waals surface area contributed by atoms with Gasteiger partial charge >= 0.3 is 5.97 Å². The summed E-state index contributed by atoms with van der Waals surface area (Å²) in [5, 5.41) is 43.2. The van der Waals surface area contributed by atoms with Crippen LogP contribution in [0.4, 0.5) is 0 Å². The number of esters is 1. The molecule has 1 heterocycles.